The Labute approximate surface area is 154 Å². The molecule has 146 valence electrons. The van der Waals surface area contributed by atoms with E-state index >= 15 is 0 Å². The highest BCUT2D eigenvalue weighted by molar-refractivity contribution is 7.89. The summed E-state index contributed by atoms with van der Waals surface area (Å²) in [4.78, 5) is 11.4. The van der Waals surface area contributed by atoms with Crippen LogP contribution in [0.15, 0.2) is 41.3 Å². The van der Waals surface area contributed by atoms with E-state index < -0.39 is 43.2 Å². The second-order valence-electron chi connectivity index (χ2n) is 6.01. The van der Waals surface area contributed by atoms with Crippen LogP contribution in [0.25, 0.3) is 0 Å². The number of likely N-dealkylation sites (N-methyl/N-ethyl adjacent to an activating group) is 1. The lowest BCUT2D eigenvalue weighted by atomic mass is 10.0. The highest BCUT2D eigenvalue weighted by atomic mass is 32.2. The molecule has 2 aromatic carbocycles. The van der Waals surface area contributed by atoms with Gasteiger partial charge in [-0.3, -0.25) is 10.1 Å². The van der Waals surface area contributed by atoms with Crippen molar-refractivity contribution in [3.8, 4) is 0 Å². The summed E-state index contributed by atoms with van der Waals surface area (Å²) in [5.74, 6) is -1.47. The molecule has 0 aliphatic rings. The van der Waals surface area contributed by atoms with Crippen LogP contribution in [0.2, 0.25) is 0 Å². The molecule has 2 aromatic rings. The van der Waals surface area contributed by atoms with Crippen LogP contribution in [0.3, 0.4) is 0 Å². The molecule has 0 aliphatic carbocycles. The van der Waals surface area contributed by atoms with Gasteiger partial charge in [0.1, 0.15) is 11.6 Å². The van der Waals surface area contributed by atoms with Crippen LogP contribution in [-0.4, -0.2) is 38.9 Å². The maximum absolute atomic E-state index is 14.1. The summed E-state index contributed by atoms with van der Waals surface area (Å²) >= 11 is 0. The quantitative estimate of drug-likeness (QED) is 0.543. The summed E-state index contributed by atoms with van der Waals surface area (Å²) in [6.07, 6.45) is 0. The van der Waals surface area contributed by atoms with Crippen molar-refractivity contribution in [1.29, 1.82) is 0 Å². The molecule has 8 nitrogen and oxygen atoms in total. The number of nitrogens with zero attached hydrogens (tertiary/aromatic N) is 2. The largest absolute Gasteiger partial charge is 0.383 e. The number of nitro benzene ring substituents is 1. The number of sulfonamides is 1. The lowest BCUT2D eigenvalue weighted by Gasteiger charge is -2.26. The Bertz CT molecular complexity index is 947. The Morgan fingerprint density at radius 1 is 1.22 bits per heavy atom. The third-order valence-electron chi connectivity index (χ3n) is 3.89. The molecule has 0 fully saturated rings. The van der Waals surface area contributed by atoms with Crippen LogP contribution in [0.5, 0.6) is 0 Å². The number of primary sulfonamides is 1. The molecule has 1 atom stereocenters. The van der Waals surface area contributed by atoms with E-state index in [4.69, 9.17) is 5.14 Å². The number of halogens is 2. The van der Waals surface area contributed by atoms with Crippen molar-refractivity contribution in [2.45, 2.75) is 10.9 Å². The number of rotatable bonds is 7. The summed E-state index contributed by atoms with van der Waals surface area (Å²) < 4.78 is 51.3. The molecule has 0 amide bonds. The van der Waals surface area contributed by atoms with E-state index in [1.54, 1.807) is 19.0 Å². The van der Waals surface area contributed by atoms with Gasteiger partial charge in [-0.15, -0.1) is 0 Å². The van der Waals surface area contributed by atoms with Crippen molar-refractivity contribution in [2.24, 2.45) is 5.14 Å². The van der Waals surface area contributed by atoms with Crippen molar-refractivity contribution in [3.63, 3.8) is 0 Å². The molecule has 3 N–H and O–H groups in total. The molecule has 11 heteroatoms. The maximum atomic E-state index is 14.1. The summed E-state index contributed by atoms with van der Waals surface area (Å²) in [5, 5.41) is 18.9. The number of hydrogen-bond donors (Lipinski definition) is 2. The lowest BCUT2D eigenvalue weighted by Crippen LogP contribution is -2.28. The van der Waals surface area contributed by atoms with Crippen LogP contribution in [0.4, 0.5) is 20.2 Å². The summed E-state index contributed by atoms with van der Waals surface area (Å²) in [6.45, 7) is -0.0456. The topological polar surface area (TPSA) is 119 Å². The van der Waals surface area contributed by atoms with Gasteiger partial charge in [0.05, 0.1) is 15.9 Å². The number of nitrogens with one attached hydrogen (secondary N) is 1. The zero-order chi connectivity index (χ0) is 20.4. The second-order valence-corrected chi connectivity index (χ2v) is 7.57. The van der Waals surface area contributed by atoms with E-state index in [2.05, 4.69) is 5.32 Å². The minimum Gasteiger partial charge on any atom is -0.383 e. The van der Waals surface area contributed by atoms with Gasteiger partial charge < -0.3 is 10.2 Å². The Morgan fingerprint density at radius 2 is 1.81 bits per heavy atom. The summed E-state index contributed by atoms with van der Waals surface area (Å²) in [6, 6.07) is 5.80. The van der Waals surface area contributed by atoms with Crippen LogP contribution in [-0.2, 0) is 10.0 Å². The first kappa shape index (κ1) is 20.7. The van der Waals surface area contributed by atoms with Crippen molar-refractivity contribution in [2.75, 3.05) is 26.0 Å². The fourth-order valence-electron chi connectivity index (χ4n) is 2.54. The molecule has 2 rings (SSSR count). The van der Waals surface area contributed by atoms with Gasteiger partial charge in [-0.05, 0) is 32.3 Å². The van der Waals surface area contributed by atoms with Gasteiger partial charge >= 0.3 is 0 Å². The SMILES string of the molecule is CN(C)C(CNc1cc([N+](=O)[O-])cc(S(N)(=O)=O)c1)c1c(F)cccc1F. The number of non-ortho nitro benzene ring substituents is 1. The highest BCUT2D eigenvalue weighted by Gasteiger charge is 2.23. The zero-order valence-corrected chi connectivity index (χ0v) is 15.3. The third kappa shape index (κ3) is 4.96. The first-order chi connectivity index (χ1) is 12.5. The van der Waals surface area contributed by atoms with Crippen molar-refractivity contribution < 1.29 is 22.1 Å². The van der Waals surface area contributed by atoms with E-state index in [-0.39, 0.29) is 17.8 Å². The molecule has 0 heterocycles. The first-order valence-corrected chi connectivity index (χ1v) is 9.22. The number of anilines is 1. The normalized spacial score (nSPS) is 12.8. The highest BCUT2D eigenvalue weighted by Crippen LogP contribution is 2.27. The van der Waals surface area contributed by atoms with Gasteiger partial charge in [0.25, 0.3) is 5.69 Å². The number of benzene rings is 2. The van der Waals surface area contributed by atoms with E-state index in [0.717, 1.165) is 30.3 Å². The molecular weight excluding hydrogens is 382 g/mol. The molecular formula is C16H18F2N4O4S. The predicted molar refractivity (Wildman–Crippen MR) is 95.7 cm³/mol. The smallest absolute Gasteiger partial charge is 0.272 e. The molecule has 0 saturated heterocycles. The van der Waals surface area contributed by atoms with Crippen LogP contribution in [0, 0.1) is 21.7 Å². The third-order valence-corrected chi connectivity index (χ3v) is 4.78. The van der Waals surface area contributed by atoms with Crippen LogP contribution >= 0.6 is 0 Å². The van der Waals surface area contributed by atoms with Gasteiger partial charge in [-0.2, -0.15) is 0 Å². The Kier molecular flexibility index (Phi) is 6.08. The number of nitrogens with two attached hydrogens (primary N) is 1. The van der Waals surface area contributed by atoms with Crippen molar-refractivity contribution >= 4 is 21.4 Å². The molecule has 0 saturated carbocycles. The predicted octanol–water partition coefficient (Wildman–Crippen LogP) is 2.24. The van der Waals surface area contributed by atoms with Crippen molar-refractivity contribution in [3.05, 3.63) is 63.7 Å². The van der Waals surface area contributed by atoms with Crippen molar-refractivity contribution in [1.82, 2.24) is 4.90 Å². The fourth-order valence-corrected chi connectivity index (χ4v) is 3.12. The minimum absolute atomic E-state index is 0.0456. The van der Waals surface area contributed by atoms with E-state index in [1.165, 1.54) is 6.07 Å². The molecule has 0 aliphatic heterocycles. The lowest BCUT2D eigenvalue weighted by molar-refractivity contribution is -0.385. The molecule has 0 radical (unpaired) electrons. The van der Waals surface area contributed by atoms with E-state index in [9.17, 15) is 27.3 Å². The van der Waals surface area contributed by atoms with E-state index in [1.807, 2.05) is 0 Å². The summed E-state index contributed by atoms with van der Waals surface area (Å²) in [7, 11) is -0.952. The number of nitro groups is 1. The number of hydrogen-bond acceptors (Lipinski definition) is 6. The Morgan fingerprint density at radius 3 is 2.30 bits per heavy atom. The van der Waals surface area contributed by atoms with Gasteiger partial charge in [-0.1, -0.05) is 6.07 Å². The van der Waals surface area contributed by atoms with Gasteiger partial charge in [0.15, 0.2) is 0 Å². The van der Waals surface area contributed by atoms with Gasteiger partial charge in [0.2, 0.25) is 10.0 Å². The second kappa shape index (κ2) is 7.94. The van der Waals surface area contributed by atoms with Gasteiger partial charge in [-0.25, -0.2) is 22.3 Å². The van der Waals surface area contributed by atoms with E-state index in [0.29, 0.717) is 0 Å². The molecule has 0 bridgehead atoms. The first-order valence-electron chi connectivity index (χ1n) is 7.67. The van der Waals surface area contributed by atoms with Crippen LogP contribution < -0.4 is 10.5 Å². The fraction of sp³-hybridized carbons (Fsp3) is 0.250. The average Bonchev–Trinajstić information content (AvgIpc) is 2.56. The standard InChI is InChI=1S/C16H18F2N4O4S/c1-21(2)15(16-13(17)4-3-5-14(16)18)9-20-10-6-11(22(23)24)8-12(7-10)27(19,25)26/h3-8,15,20H,9H2,1-2H3,(H2,19,25,26). The molecule has 1 unspecified atom stereocenters. The maximum Gasteiger partial charge on any atom is 0.272 e. The Hall–Kier alpha value is -2.63. The monoisotopic (exact) mass is 400 g/mol. The molecule has 0 spiro atoms. The Balaban J connectivity index is 2.38. The minimum atomic E-state index is -4.18. The van der Waals surface area contributed by atoms with Gasteiger partial charge in [0, 0.05) is 29.9 Å². The van der Waals surface area contributed by atoms with Crippen LogP contribution in [0.1, 0.15) is 11.6 Å². The molecule has 27 heavy (non-hydrogen) atoms. The zero-order valence-electron chi connectivity index (χ0n) is 14.5. The summed E-state index contributed by atoms with van der Waals surface area (Å²) in [5.41, 5.74) is -0.577. The average molecular weight is 400 g/mol. The molecule has 0 aromatic heterocycles.